The summed E-state index contributed by atoms with van der Waals surface area (Å²) in [5.74, 6) is -1.39. The van der Waals surface area contributed by atoms with E-state index in [9.17, 15) is 19.3 Å². The van der Waals surface area contributed by atoms with Crippen LogP contribution < -0.4 is 15.6 Å². The second-order valence-corrected chi connectivity index (χ2v) is 4.42. The highest BCUT2D eigenvalue weighted by Crippen LogP contribution is 2.34. The van der Waals surface area contributed by atoms with E-state index >= 15 is 0 Å². The molecule has 0 aliphatic carbocycles. The fraction of sp³-hybridized carbons (Fsp3) is 0. The molecule has 2 aromatic rings. The second-order valence-electron chi connectivity index (χ2n) is 4.01. The zero-order chi connectivity index (χ0) is 17.0. The van der Waals surface area contributed by atoms with E-state index in [1.165, 1.54) is 6.07 Å². The normalized spacial score (nSPS) is 10.0. The van der Waals surface area contributed by atoms with E-state index in [0.717, 1.165) is 24.3 Å². The van der Waals surface area contributed by atoms with Gasteiger partial charge in [-0.3, -0.25) is 15.5 Å². The largest absolute Gasteiger partial charge is 0.464 e. The van der Waals surface area contributed by atoms with E-state index in [1.807, 2.05) is 5.43 Å². The van der Waals surface area contributed by atoms with Crippen LogP contribution in [0.2, 0.25) is 5.02 Å². The Kier molecular flexibility index (Phi) is 4.76. The van der Waals surface area contributed by atoms with Gasteiger partial charge in [-0.25, -0.2) is 14.6 Å². The quantitative estimate of drug-likeness (QED) is 0.562. The number of ether oxygens (including phenoxy) is 1. The maximum atomic E-state index is 13.2. The molecule has 9 nitrogen and oxygen atoms in total. The van der Waals surface area contributed by atoms with Gasteiger partial charge in [-0.1, -0.05) is 11.6 Å². The van der Waals surface area contributed by atoms with Crippen molar-refractivity contribution in [1.29, 1.82) is 0 Å². The number of carboxylic acid groups (broad SMARTS) is 1. The number of amides is 1. The highest BCUT2D eigenvalue weighted by molar-refractivity contribution is 6.32. The van der Waals surface area contributed by atoms with Gasteiger partial charge in [-0.05, 0) is 18.2 Å². The zero-order valence-electron chi connectivity index (χ0n) is 11.1. The van der Waals surface area contributed by atoms with Gasteiger partial charge >= 0.3 is 17.7 Å². The Balaban J connectivity index is 2.37. The van der Waals surface area contributed by atoms with Crippen LogP contribution in [0, 0.1) is 15.9 Å². The fourth-order valence-electron chi connectivity index (χ4n) is 1.49. The molecule has 0 radical (unpaired) electrons. The molecule has 1 aromatic carbocycles. The van der Waals surface area contributed by atoms with Gasteiger partial charge in [0.05, 0.1) is 9.95 Å². The molecule has 0 saturated carbocycles. The number of hydrogen-bond acceptors (Lipinski definition) is 6. The molecular formula is C12H8ClFN4O5. The van der Waals surface area contributed by atoms with Gasteiger partial charge in [-0.2, -0.15) is 4.98 Å². The molecule has 11 heteroatoms. The molecule has 3 N–H and O–H groups in total. The summed E-state index contributed by atoms with van der Waals surface area (Å²) in [6.07, 6.45) is -1.39. The third-order valence-corrected chi connectivity index (χ3v) is 2.75. The molecule has 1 aromatic heterocycles. The van der Waals surface area contributed by atoms with Crippen molar-refractivity contribution in [2.24, 2.45) is 0 Å². The number of anilines is 1. The SMILES string of the molecule is O=C(O)NNc1ccc([N+](=O)[O-])c(Oc2cc(F)ccc2Cl)n1. The van der Waals surface area contributed by atoms with Gasteiger partial charge in [0.15, 0.2) is 5.75 Å². The van der Waals surface area contributed by atoms with Gasteiger partial charge in [-0.15, -0.1) is 0 Å². The average molecular weight is 343 g/mol. The van der Waals surface area contributed by atoms with E-state index in [-0.39, 0.29) is 16.6 Å². The fourth-order valence-corrected chi connectivity index (χ4v) is 1.65. The number of hydrazine groups is 1. The first-order chi connectivity index (χ1) is 10.9. The predicted molar refractivity (Wildman–Crippen MR) is 77.2 cm³/mol. The van der Waals surface area contributed by atoms with Crippen molar-refractivity contribution in [3.63, 3.8) is 0 Å². The van der Waals surface area contributed by atoms with Crippen LogP contribution >= 0.6 is 11.6 Å². The number of pyridine rings is 1. The Bertz CT molecular complexity index is 773. The number of nitrogens with one attached hydrogen (secondary N) is 2. The molecular weight excluding hydrogens is 335 g/mol. The Morgan fingerprint density at radius 1 is 1.39 bits per heavy atom. The van der Waals surface area contributed by atoms with Crippen molar-refractivity contribution >= 4 is 29.2 Å². The molecule has 120 valence electrons. The minimum Gasteiger partial charge on any atom is -0.464 e. The molecule has 0 aliphatic heterocycles. The van der Waals surface area contributed by atoms with Crippen molar-refractivity contribution in [2.45, 2.75) is 0 Å². The topological polar surface area (TPSA) is 127 Å². The number of aromatic nitrogens is 1. The third-order valence-electron chi connectivity index (χ3n) is 2.43. The summed E-state index contributed by atoms with van der Waals surface area (Å²) >= 11 is 5.83. The molecule has 0 atom stereocenters. The maximum absolute atomic E-state index is 13.2. The number of nitrogens with zero attached hydrogens (tertiary/aromatic N) is 2. The minimum absolute atomic E-state index is 0.0181. The van der Waals surface area contributed by atoms with Crippen molar-refractivity contribution in [3.8, 4) is 11.6 Å². The lowest BCUT2D eigenvalue weighted by molar-refractivity contribution is -0.386. The summed E-state index contributed by atoms with van der Waals surface area (Å²) in [4.78, 5) is 24.4. The molecule has 23 heavy (non-hydrogen) atoms. The summed E-state index contributed by atoms with van der Waals surface area (Å²) in [6, 6.07) is 5.44. The summed E-state index contributed by atoms with van der Waals surface area (Å²) in [7, 11) is 0. The third kappa shape index (κ3) is 4.17. The van der Waals surface area contributed by atoms with Crippen LogP contribution in [0.1, 0.15) is 0 Å². The highest BCUT2D eigenvalue weighted by Gasteiger charge is 2.20. The standard InChI is InChI=1S/C12H8ClFN4O5/c13-7-2-1-6(14)5-9(7)23-11-8(18(21)22)3-4-10(15-11)16-17-12(19)20/h1-5,17H,(H,15,16)(H,19,20). The molecule has 1 amide bonds. The van der Waals surface area contributed by atoms with Crippen molar-refractivity contribution in [1.82, 2.24) is 10.4 Å². The first-order valence-corrected chi connectivity index (χ1v) is 6.28. The number of carbonyl (C=O) groups is 1. The van der Waals surface area contributed by atoms with Crippen LogP contribution in [0.4, 0.5) is 20.7 Å². The lowest BCUT2D eigenvalue weighted by atomic mass is 10.3. The summed E-state index contributed by atoms with van der Waals surface area (Å²) < 4.78 is 18.4. The number of hydrogen-bond donors (Lipinski definition) is 3. The Labute approximate surface area is 132 Å². The van der Waals surface area contributed by atoms with Crippen LogP contribution in [-0.2, 0) is 0 Å². The van der Waals surface area contributed by atoms with Gasteiger partial charge in [0.2, 0.25) is 0 Å². The minimum atomic E-state index is -1.39. The maximum Gasteiger partial charge on any atom is 0.423 e. The van der Waals surface area contributed by atoms with E-state index in [1.54, 1.807) is 0 Å². The Morgan fingerprint density at radius 2 is 2.13 bits per heavy atom. The molecule has 1 heterocycles. The van der Waals surface area contributed by atoms with E-state index in [2.05, 4.69) is 10.4 Å². The van der Waals surface area contributed by atoms with Gasteiger partial charge in [0.1, 0.15) is 11.6 Å². The van der Waals surface area contributed by atoms with E-state index < -0.39 is 28.4 Å². The van der Waals surface area contributed by atoms with Crippen LogP contribution in [0.5, 0.6) is 11.6 Å². The summed E-state index contributed by atoms with van der Waals surface area (Å²) in [5, 5.41) is 19.5. The van der Waals surface area contributed by atoms with Crippen LogP contribution in [0.3, 0.4) is 0 Å². The van der Waals surface area contributed by atoms with Crippen LogP contribution in [0.25, 0.3) is 0 Å². The number of nitro groups is 1. The molecule has 0 bridgehead atoms. The molecule has 0 fully saturated rings. The van der Waals surface area contributed by atoms with Crippen molar-refractivity contribution in [3.05, 3.63) is 51.3 Å². The summed E-state index contributed by atoms with van der Waals surface area (Å²) in [6.45, 7) is 0. The Hall–Kier alpha value is -3.14. The molecule has 0 spiro atoms. The van der Waals surface area contributed by atoms with E-state index in [0.29, 0.717) is 0 Å². The van der Waals surface area contributed by atoms with Crippen LogP contribution in [0.15, 0.2) is 30.3 Å². The van der Waals surface area contributed by atoms with Gasteiger partial charge in [0.25, 0.3) is 0 Å². The molecule has 0 aliphatic rings. The second kappa shape index (κ2) is 6.75. The van der Waals surface area contributed by atoms with Crippen LogP contribution in [-0.4, -0.2) is 21.1 Å². The number of rotatable bonds is 5. The van der Waals surface area contributed by atoms with Crippen molar-refractivity contribution < 1.29 is 24.0 Å². The number of halogens is 2. The smallest absolute Gasteiger partial charge is 0.423 e. The predicted octanol–water partition coefficient (Wildman–Crippen LogP) is 3.17. The molecule has 0 unspecified atom stereocenters. The first kappa shape index (κ1) is 16.2. The zero-order valence-corrected chi connectivity index (χ0v) is 11.9. The van der Waals surface area contributed by atoms with E-state index in [4.69, 9.17) is 21.4 Å². The highest BCUT2D eigenvalue weighted by atomic mass is 35.5. The van der Waals surface area contributed by atoms with Gasteiger partial charge < -0.3 is 9.84 Å². The first-order valence-electron chi connectivity index (χ1n) is 5.90. The van der Waals surface area contributed by atoms with Gasteiger partial charge in [0, 0.05) is 12.1 Å². The Morgan fingerprint density at radius 3 is 2.78 bits per heavy atom. The lowest BCUT2D eigenvalue weighted by Crippen LogP contribution is -2.27. The van der Waals surface area contributed by atoms with Crippen molar-refractivity contribution in [2.75, 3.05) is 5.43 Å². The lowest BCUT2D eigenvalue weighted by Gasteiger charge is -2.09. The molecule has 0 saturated heterocycles. The monoisotopic (exact) mass is 342 g/mol. The molecule has 2 rings (SSSR count). The summed E-state index contributed by atoms with van der Waals surface area (Å²) in [5.41, 5.74) is 3.50. The number of benzene rings is 1. The average Bonchev–Trinajstić information content (AvgIpc) is 2.48.